The summed E-state index contributed by atoms with van der Waals surface area (Å²) < 4.78 is 5.30. The molecular formula is C13H23NO. The summed E-state index contributed by atoms with van der Waals surface area (Å²) >= 11 is 0. The predicted molar refractivity (Wildman–Crippen MR) is 62.8 cm³/mol. The van der Waals surface area contributed by atoms with Gasteiger partial charge in [0.25, 0.3) is 0 Å². The number of fused-ring (bicyclic) bond motifs is 2. The van der Waals surface area contributed by atoms with Gasteiger partial charge in [0.15, 0.2) is 0 Å². The highest BCUT2D eigenvalue weighted by molar-refractivity contribution is 5.10. The van der Waals surface area contributed by atoms with Gasteiger partial charge in [-0.25, -0.2) is 0 Å². The third-order valence-electron chi connectivity index (χ3n) is 3.67. The maximum atomic E-state index is 5.30. The quantitative estimate of drug-likeness (QED) is 0.513. The fourth-order valence-electron chi connectivity index (χ4n) is 2.86. The summed E-state index contributed by atoms with van der Waals surface area (Å²) in [6.45, 7) is 6.11. The molecule has 2 bridgehead atoms. The van der Waals surface area contributed by atoms with E-state index >= 15 is 0 Å². The predicted octanol–water partition coefficient (Wildman–Crippen LogP) is 2.21. The van der Waals surface area contributed by atoms with Gasteiger partial charge < -0.3 is 10.1 Å². The SMILES string of the molecule is CCOCCCNCC1CC2C=CC1C2. The number of hydrogen-bond donors (Lipinski definition) is 1. The summed E-state index contributed by atoms with van der Waals surface area (Å²) in [5.41, 5.74) is 0. The van der Waals surface area contributed by atoms with Gasteiger partial charge in [0, 0.05) is 13.2 Å². The Balaban J connectivity index is 1.50. The molecule has 0 spiro atoms. The molecule has 3 atom stereocenters. The van der Waals surface area contributed by atoms with Gasteiger partial charge in [0.1, 0.15) is 0 Å². The van der Waals surface area contributed by atoms with Crippen molar-refractivity contribution in [1.29, 1.82) is 0 Å². The number of nitrogens with one attached hydrogen (secondary N) is 1. The van der Waals surface area contributed by atoms with Crippen LogP contribution in [-0.4, -0.2) is 26.3 Å². The first-order valence-corrected chi connectivity index (χ1v) is 6.37. The van der Waals surface area contributed by atoms with Crippen molar-refractivity contribution in [1.82, 2.24) is 5.32 Å². The Morgan fingerprint density at radius 3 is 2.93 bits per heavy atom. The fourth-order valence-corrected chi connectivity index (χ4v) is 2.86. The molecule has 86 valence electrons. The lowest BCUT2D eigenvalue weighted by molar-refractivity contribution is 0.144. The molecule has 1 saturated carbocycles. The third-order valence-corrected chi connectivity index (χ3v) is 3.67. The van der Waals surface area contributed by atoms with Crippen LogP contribution in [0.3, 0.4) is 0 Å². The monoisotopic (exact) mass is 209 g/mol. The van der Waals surface area contributed by atoms with Gasteiger partial charge in [0.2, 0.25) is 0 Å². The standard InChI is InChI=1S/C13H23NO/c1-2-15-7-3-6-14-10-13-9-11-4-5-12(13)8-11/h4-5,11-14H,2-3,6-10H2,1H3. The normalized spacial score (nSPS) is 32.7. The third kappa shape index (κ3) is 3.05. The Bertz CT molecular complexity index is 215. The van der Waals surface area contributed by atoms with Crippen molar-refractivity contribution in [3.8, 4) is 0 Å². The molecule has 0 saturated heterocycles. The number of ether oxygens (including phenoxy) is 1. The molecule has 1 N–H and O–H groups in total. The lowest BCUT2D eigenvalue weighted by Crippen LogP contribution is -2.26. The molecule has 15 heavy (non-hydrogen) atoms. The second-order valence-corrected chi connectivity index (χ2v) is 4.79. The van der Waals surface area contributed by atoms with E-state index in [9.17, 15) is 0 Å². The Hall–Kier alpha value is -0.340. The molecule has 0 aromatic carbocycles. The Kier molecular flexibility index (Phi) is 4.21. The second kappa shape index (κ2) is 5.66. The van der Waals surface area contributed by atoms with E-state index in [1.54, 1.807) is 0 Å². The van der Waals surface area contributed by atoms with Crippen LogP contribution in [0.1, 0.15) is 26.2 Å². The van der Waals surface area contributed by atoms with Crippen molar-refractivity contribution in [3.63, 3.8) is 0 Å². The largest absolute Gasteiger partial charge is 0.382 e. The Labute approximate surface area is 93.1 Å². The van der Waals surface area contributed by atoms with Gasteiger partial charge in [-0.2, -0.15) is 0 Å². The summed E-state index contributed by atoms with van der Waals surface area (Å²) in [6.07, 6.45) is 8.83. The summed E-state index contributed by atoms with van der Waals surface area (Å²) in [5.74, 6) is 2.70. The molecule has 0 heterocycles. The van der Waals surface area contributed by atoms with E-state index in [1.807, 2.05) is 0 Å². The molecule has 0 aliphatic heterocycles. The number of hydrogen-bond acceptors (Lipinski definition) is 2. The highest BCUT2D eigenvalue weighted by Gasteiger charge is 2.34. The summed E-state index contributed by atoms with van der Waals surface area (Å²) in [7, 11) is 0. The van der Waals surface area contributed by atoms with Crippen LogP contribution < -0.4 is 5.32 Å². The molecule has 0 amide bonds. The van der Waals surface area contributed by atoms with Gasteiger partial charge in [-0.05, 0) is 57.0 Å². The lowest BCUT2D eigenvalue weighted by atomic mass is 9.94. The lowest BCUT2D eigenvalue weighted by Gasteiger charge is -2.18. The van der Waals surface area contributed by atoms with E-state index in [1.165, 1.54) is 19.4 Å². The zero-order chi connectivity index (χ0) is 10.5. The van der Waals surface area contributed by atoms with Crippen molar-refractivity contribution in [2.45, 2.75) is 26.2 Å². The maximum absolute atomic E-state index is 5.30. The van der Waals surface area contributed by atoms with E-state index in [-0.39, 0.29) is 0 Å². The zero-order valence-corrected chi connectivity index (χ0v) is 9.74. The Morgan fingerprint density at radius 1 is 1.33 bits per heavy atom. The second-order valence-electron chi connectivity index (χ2n) is 4.79. The highest BCUT2D eigenvalue weighted by Crippen LogP contribution is 2.42. The van der Waals surface area contributed by atoms with Crippen LogP contribution in [0.25, 0.3) is 0 Å². The molecule has 2 aliphatic carbocycles. The minimum absolute atomic E-state index is 0.844. The minimum Gasteiger partial charge on any atom is -0.382 e. The molecule has 0 aromatic rings. The smallest absolute Gasteiger partial charge is 0.0477 e. The number of rotatable bonds is 7. The molecule has 2 aliphatic rings. The molecular weight excluding hydrogens is 186 g/mol. The van der Waals surface area contributed by atoms with Crippen LogP contribution in [0, 0.1) is 17.8 Å². The van der Waals surface area contributed by atoms with Crippen LogP contribution in [0.5, 0.6) is 0 Å². The molecule has 0 radical (unpaired) electrons. The first kappa shape index (κ1) is 11.2. The molecule has 2 rings (SSSR count). The van der Waals surface area contributed by atoms with Gasteiger partial charge in [0.05, 0.1) is 0 Å². The van der Waals surface area contributed by atoms with Crippen LogP contribution in [-0.2, 0) is 4.74 Å². The summed E-state index contributed by atoms with van der Waals surface area (Å²) in [4.78, 5) is 0. The van der Waals surface area contributed by atoms with E-state index in [2.05, 4.69) is 24.4 Å². The van der Waals surface area contributed by atoms with Crippen molar-refractivity contribution < 1.29 is 4.74 Å². The van der Waals surface area contributed by atoms with Crippen LogP contribution in [0.4, 0.5) is 0 Å². The molecule has 2 heteroatoms. The van der Waals surface area contributed by atoms with Crippen molar-refractivity contribution >= 4 is 0 Å². The zero-order valence-electron chi connectivity index (χ0n) is 9.74. The van der Waals surface area contributed by atoms with Crippen molar-refractivity contribution in [2.75, 3.05) is 26.3 Å². The van der Waals surface area contributed by atoms with Gasteiger partial charge >= 0.3 is 0 Å². The first-order chi connectivity index (χ1) is 7.40. The average molecular weight is 209 g/mol. The van der Waals surface area contributed by atoms with Gasteiger partial charge in [-0.15, -0.1) is 0 Å². The number of allylic oxidation sites excluding steroid dienone is 2. The van der Waals surface area contributed by atoms with Crippen molar-refractivity contribution in [2.24, 2.45) is 17.8 Å². The molecule has 2 nitrogen and oxygen atoms in total. The van der Waals surface area contributed by atoms with E-state index < -0.39 is 0 Å². The fraction of sp³-hybridized carbons (Fsp3) is 0.846. The highest BCUT2D eigenvalue weighted by atomic mass is 16.5. The Morgan fingerprint density at radius 2 is 2.27 bits per heavy atom. The molecule has 1 fully saturated rings. The maximum Gasteiger partial charge on any atom is 0.0477 e. The molecule has 0 aromatic heterocycles. The first-order valence-electron chi connectivity index (χ1n) is 6.37. The van der Waals surface area contributed by atoms with Crippen molar-refractivity contribution in [3.05, 3.63) is 12.2 Å². The van der Waals surface area contributed by atoms with E-state index in [0.717, 1.165) is 43.9 Å². The summed E-state index contributed by atoms with van der Waals surface area (Å²) in [5, 5.41) is 3.56. The van der Waals surface area contributed by atoms with Gasteiger partial charge in [-0.1, -0.05) is 12.2 Å². The minimum atomic E-state index is 0.844. The topological polar surface area (TPSA) is 21.3 Å². The van der Waals surface area contributed by atoms with Gasteiger partial charge in [-0.3, -0.25) is 0 Å². The average Bonchev–Trinajstić information content (AvgIpc) is 2.85. The van der Waals surface area contributed by atoms with E-state index in [0.29, 0.717) is 0 Å². The van der Waals surface area contributed by atoms with E-state index in [4.69, 9.17) is 4.74 Å². The molecule has 3 unspecified atom stereocenters. The van der Waals surface area contributed by atoms with Crippen LogP contribution >= 0.6 is 0 Å². The summed E-state index contributed by atoms with van der Waals surface area (Å²) in [6, 6.07) is 0. The van der Waals surface area contributed by atoms with Crippen LogP contribution in [0.15, 0.2) is 12.2 Å². The van der Waals surface area contributed by atoms with Crippen LogP contribution in [0.2, 0.25) is 0 Å².